The molecule has 0 spiro atoms. The minimum absolute atomic E-state index is 0.00444. The van der Waals surface area contributed by atoms with Gasteiger partial charge in [0.1, 0.15) is 12.2 Å². The molecule has 8 heteroatoms. The van der Waals surface area contributed by atoms with E-state index in [2.05, 4.69) is 0 Å². The molecule has 0 aromatic heterocycles. The predicted octanol–water partition coefficient (Wildman–Crippen LogP) is -0.0354. The van der Waals surface area contributed by atoms with Crippen LogP contribution in [0, 0.1) is 0 Å². The Morgan fingerprint density at radius 2 is 1.64 bits per heavy atom. The minimum atomic E-state index is -4.41. The van der Waals surface area contributed by atoms with Crippen LogP contribution < -0.4 is 0 Å². The summed E-state index contributed by atoms with van der Waals surface area (Å²) in [6, 6.07) is 3.73. The second-order valence-corrected chi connectivity index (χ2v) is 5.42. The van der Waals surface area contributed by atoms with Gasteiger partial charge in [0.05, 0.1) is 24.3 Å². The molecule has 0 bridgehead atoms. The average Bonchev–Trinajstić information content (AvgIpc) is 2.45. The molecule has 0 unspecified atom stereocenters. The van der Waals surface area contributed by atoms with Crippen molar-refractivity contribution < 1.29 is 33.6 Å². The number of alkyl halides is 3. The summed E-state index contributed by atoms with van der Waals surface area (Å²) < 4.78 is 37.5. The fraction of sp³-hybridized carbons (Fsp3) is 0.571. The first kappa shape index (κ1) is 17.2. The first-order valence-electron chi connectivity index (χ1n) is 6.79. The van der Waals surface area contributed by atoms with Crippen molar-refractivity contribution >= 4 is 0 Å². The van der Waals surface area contributed by atoms with E-state index in [0.717, 1.165) is 12.1 Å². The number of rotatable bonds is 3. The third kappa shape index (κ3) is 3.58. The highest BCUT2D eigenvalue weighted by molar-refractivity contribution is 5.24. The molecular weight excluding hydrogens is 303 g/mol. The zero-order valence-corrected chi connectivity index (χ0v) is 11.6. The van der Waals surface area contributed by atoms with Crippen LogP contribution in [0.5, 0.6) is 0 Å². The number of aliphatic hydroxyl groups is 4. The Bertz CT molecular complexity index is 494. The molecule has 0 saturated carbocycles. The van der Waals surface area contributed by atoms with E-state index < -0.39 is 42.7 Å². The number of β-amino-alcohol motifs (C(OH)–C–C–N with tert-alkyl or cyclic N) is 1. The average molecular weight is 321 g/mol. The Morgan fingerprint density at radius 3 is 2.14 bits per heavy atom. The lowest BCUT2D eigenvalue weighted by molar-refractivity contribution is -0.147. The van der Waals surface area contributed by atoms with Gasteiger partial charge in [0, 0.05) is 13.1 Å². The van der Waals surface area contributed by atoms with E-state index in [1.165, 1.54) is 17.0 Å². The maximum atomic E-state index is 12.5. The second-order valence-electron chi connectivity index (χ2n) is 5.42. The Morgan fingerprint density at radius 1 is 1.05 bits per heavy atom. The van der Waals surface area contributed by atoms with Crippen LogP contribution in [0.3, 0.4) is 0 Å². The van der Waals surface area contributed by atoms with Crippen LogP contribution in [0.1, 0.15) is 11.1 Å². The van der Waals surface area contributed by atoms with Crippen LogP contribution >= 0.6 is 0 Å². The Kier molecular flexibility index (Phi) is 5.08. The molecule has 5 nitrogen and oxygen atoms in total. The smallest absolute Gasteiger partial charge is 0.395 e. The molecule has 1 aliphatic rings. The number of halogens is 3. The van der Waals surface area contributed by atoms with Crippen LogP contribution in [0.15, 0.2) is 24.3 Å². The lowest BCUT2D eigenvalue weighted by Gasteiger charge is -2.43. The lowest BCUT2D eigenvalue weighted by Crippen LogP contribution is -2.62. The third-order valence-corrected chi connectivity index (χ3v) is 3.88. The molecule has 124 valence electrons. The van der Waals surface area contributed by atoms with Crippen molar-refractivity contribution in [3.05, 3.63) is 35.4 Å². The molecule has 1 saturated heterocycles. The molecule has 0 aliphatic carbocycles. The van der Waals surface area contributed by atoms with Gasteiger partial charge in [0.2, 0.25) is 0 Å². The summed E-state index contributed by atoms with van der Waals surface area (Å²) in [6.45, 7) is -0.291. The van der Waals surface area contributed by atoms with Crippen molar-refractivity contribution in [1.82, 2.24) is 4.90 Å². The van der Waals surface area contributed by atoms with Gasteiger partial charge in [0.15, 0.2) is 0 Å². The number of benzene rings is 1. The van der Waals surface area contributed by atoms with Crippen LogP contribution in [0.4, 0.5) is 13.2 Å². The Hall–Kier alpha value is -1.19. The van der Waals surface area contributed by atoms with E-state index in [4.69, 9.17) is 0 Å². The molecule has 1 aromatic carbocycles. The van der Waals surface area contributed by atoms with Gasteiger partial charge in [-0.25, -0.2) is 0 Å². The zero-order valence-electron chi connectivity index (χ0n) is 11.6. The summed E-state index contributed by atoms with van der Waals surface area (Å²) in [6.07, 6.45) is -8.29. The van der Waals surface area contributed by atoms with Crippen LogP contribution in [0.25, 0.3) is 0 Å². The highest BCUT2D eigenvalue weighted by atomic mass is 19.4. The van der Waals surface area contributed by atoms with Crippen molar-refractivity contribution in [3.63, 3.8) is 0 Å². The van der Waals surface area contributed by atoms with Crippen molar-refractivity contribution in [2.24, 2.45) is 0 Å². The van der Waals surface area contributed by atoms with E-state index in [9.17, 15) is 33.6 Å². The van der Waals surface area contributed by atoms with Crippen LogP contribution in [-0.4, -0.2) is 62.8 Å². The number of piperidine rings is 1. The molecule has 0 radical (unpaired) electrons. The quantitative estimate of drug-likeness (QED) is 0.628. The molecular formula is C14H18F3NO4. The second kappa shape index (κ2) is 6.51. The van der Waals surface area contributed by atoms with Crippen LogP contribution in [0.2, 0.25) is 0 Å². The van der Waals surface area contributed by atoms with E-state index >= 15 is 0 Å². The van der Waals surface area contributed by atoms with E-state index in [1.54, 1.807) is 0 Å². The number of hydrogen-bond acceptors (Lipinski definition) is 5. The van der Waals surface area contributed by atoms with E-state index in [1.807, 2.05) is 0 Å². The van der Waals surface area contributed by atoms with Gasteiger partial charge in [-0.1, -0.05) is 12.1 Å². The first-order valence-corrected chi connectivity index (χ1v) is 6.79. The molecule has 1 fully saturated rings. The van der Waals surface area contributed by atoms with Gasteiger partial charge < -0.3 is 20.4 Å². The van der Waals surface area contributed by atoms with Crippen molar-refractivity contribution in [3.8, 4) is 0 Å². The summed E-state index contributed by atoms with van der Waals surface area (Å²) >= 11 is 0. The van der Waals surface area contributed by atoms with Gasteiger partial charge >= 0.3 is 6.18 Å². The van der Waals surface area contributed by atoms with E-state index in [0.29, 0.717) is 5.56 Å². The lowest BCUT2D eigenvalue weighted by atomic mass is 9.93. The summed E-state index contributed by atoms with van der Waals surface area (Å²) in [5.74, 6) is 0. The fourth-order valence-electron chi connectivity index (χ4n) is 2.59. The first-order chi connectivity index (χ1) is 10.2. The maximum Gasteiger partial charge on any atom is 0.416 e. The number of nitrogens with zero attached hydrogens (tertiary/aromatic N) is 1. The maximum absolute atomic E-state index is 12.5. The highest BCUT2D eigenvalue weighted by Gasteiger charge is 2.40. The van der Waals surface area contributed by atoms with Gasteiger partial charge in [-0.15, -0.1) is 0 Å². The van der Waals surface area contributed by atoms with Gasteiger partial charge in [-0.2, -0.15) is 13.2 Å². The summed E-state index contributed by atoms with van der Waals surface area (Å²) in [5, 5.41) is 38.4. The summed E-state index contributed by atoms with van der Waals surface area (Å²) in [7, 11) is 0. The van der Waals surface area contributed by atoms with Gasteiger partial charge in [-0.3, -0.25) is 4.90 Å². The molecule has 22 heavy (non-hydrogen) atoms. The highest BCUT2D eigenvalue weighted by Crippen LogP contribution is 2.29. The SMILES string of the molecule is OC[C@@H]1[C@@H](O)[C@H](O)[C@@H](O)CN1Cc1ccc(C(F)(F)F)cc1. The molecule has 1 aromatic rings. The molecule has 2 rings (SSSR count). The van der Waals surface area contributed by atoms with Gasteiger partial charge in [0.25, 0.3) is 0 Å². The number of hydrogen-bond donors (Lipinski definition) is 4. The third-order valence-electron chi connectivity index (χ3n) is 3.88. The zero-order chi connectivity index (χ0) is 16.5. The number of aliphatic hydroxyl groups excluding tert-OH is 4. The normalized spacial score (nSPS) is 30.5. The monoisotopic (exact) mass is 321 g/mol. The topological polar surface area (TPSA) is 84.2 Å². The number of likely N-dealkylation sites (tertiary alicyclic amines) is 1. The van der Waals surface area contributed by atoms with Gasteiger partial charge in [-0.05, 0) is 17.7 Å². The fourth-order valence-corrected chi connectivity index (χ4v) is 2.59. The van der Waals surface area contributed by atoms with Crippen molar-refractivity contribution in [2.75, 3.05) is 13.2 Å². The standard InChI is InChI=1S/C14H18F3NO4/c15-14(16,17)9-3-1-8(2-4-9)5-18-6-11(20)13(22)12(21)10(18)7-19/h1-4,10-13,19-22H,5-7H2/t10-,11+,12-,13-/m1/s1. The Balaban J connectivity index is 2.11. The van der Waals surface area contributed by atoms with E-state index in [-0.39, 0.29) is 13.1 Å². The summed E-state index contributed by atoms with van der Waals surface area (Å²) in [4.78, 5) is 1.53. The Labute approximate surface area is 125 Å². The molecule has 4 N–H and O–H groups in total. The summed E-state index contributed by atoms with van der Waals surface area (Å²) in [5.41, 5.74) is -0.216. The molecule has 1 heterocycles. The molecule has 0 amide bonds. The largest absolute Gasteiger partial charge is 0.416 e. The molecule has 1 aliphatic heterocycles. The van der Waals surface area contributed by atoms with Crippen molar-refractivity contribution in [2.45, 2.75) is 37.1 Å². The van der Waals surface area contributed by atoms with Crippen LogP contribution in [-0.2, 0) is 12.7 Å². The predicted molar refractivity (Wildman–Crippen MR) is 70.7 cm³/mol. The van der Waals surface area contributed by atoms with Crippen molar-refractivity contribution in [1.29, 1.82) is 0 Å². The minimum Gasteiger partial charge on any atom is -0.395 e. The molecule has 4 atom stereocenters.